The van der Waals surface area contributed by atoms with E-state index in [9.17, 15) is 8.78 Å². The van der Waals surface area contributed by atoms with Crippen molar-refractivity contribution in [1.82, 2.24) is 0 Å². The molecule has 0 aliphatic rings. The fraction of sp³-hybridized carbons (Fsp3) is 0.143. The zero-order chi connectivity index (χ0) is 10.0. The Kier molecular flexibility index (Phi) is 2.85. The van der Waals surface area contributed by atoms with Gasteiger partial charge in [0.15, 0.2) is 11.6 Å². The van der Waals surface area contributed by atoms with Gasteiger partial charge in [0.25, 0.3) is 0 Å². The van der Waals surface area contributed by atoms with E-state index >= 15 is 0 Å². The molecule has 0 amide bonds. The van der Waals surface area contributed by atoms with Gasteiger partial charge in [0.05, 0.1) is 7.11 Å². The molecule has 0 spiro atoms. The molecule has 0 saturated carbocycles. The topological polar surface area (TPSA) is 49.7 Å². The van der Waals surface area contributed by atoms with Gasteiger partial charge in [-0.15, -0.1) is 0 Å². The van der Waals surface area contributed by atoms with Crippen LogP contribution in [0.5, 0.6) is 5.75 Å². The zero-order valence-electron chi connectivity index (χ0n) is 6.79. The van der Waals surface area contributed by atoms with Crippen molar-refractivity contribution < 1.29 is 23.6 Å². The molecule has 0 heterocycles. The fourth-order valence-electron chi connectivity index (χ4n) is 0.899. The lowest BCUT2D eigenvalue weighted by atomic mass is 9.80. The van der Waals surface area contributed by atoms with Crippen molar-refractivity contribution in [3.8, 4) is 5.75 Å². The SMILES string of the molecule is COc1cc(B(O)O)c(F)cc1F. The monoisotopic (exact) mass is 188 g/mol. The van der Waals surface area contributed by atoms with Crippen LogP contribution in [-0.4, -0.2) is 24.3 Å². The van der Waals surface area contributed by atoms with E-state index in [0.717, 1.165) is 6.07 Å². The second-order valence-corrected chi connectivity index (χ2v) is 2.38. The standard InChI is InChI=1S/C7H7BF2O3/c1-13-7-2-4(8(11)12)5(9)3-6(7)10/h2-3,11-12H,1H3. The van der Waals surface area contributed by atoms with Crippen LogP contribution in [0.2, 0.25) is 0 Å². The average Bonchev–Trinajstić information content (AvgIpc) is 2.03. The smallest absolute Gasteiger partial charge is 0.491 e. The molecule has 1 aromatic carbocycles. The Balaban J connectivity index is 3.22. The molecule has 0 atom stereocenters. The highest BCUT2D eigenvalue weighted by atomic mass is 19.1. The molecule has 0 fully saturated rings. The van der Waals surface area contributed by atoms with Crippen molar-refractivity contribution in [1.29, 1.82) is 0 Å². The molecule has 1 rings (SSSR count). The quantitative estimate of drug-likeness (QED) is 0.623. The maximum Gasteiger partial charge on any atom is 0.491 e. The lowest BCUT2D eigenvalue weighted by Crippen LogP contribution is -2.33. The van der Waals surface area contributed by atoms with Crippen molar-refractivity contribution in [3.05, 3.63) is 23.8 Å². The molecule has 0 radical (unpaired) electrons. The lowest BCUT2D eigenvalue weighted by Gasteiger charge is -2.05. The van der Waals surface area contributed by atoms with Gasteiger partial charge in [-0.2, -0.15) is 0 Å². The second kappa shape index (κ2) is 3.72. The molecule has 3 nitrogen and oxygen atoms in total. The Morgan fingerprint density at radius 2 is 1.85 bits per heavy atom. The summed E-state index contributed by atoms with van der Waals surface area (Å²) in [4.78, 5) is 0. The van der Waals surface area contributed by atoms with Gasteiger partial charge in [-0.1, -0.05) is 0 Å². The summed E-state index contributed by atoms with van der Waals surface area (Å²) in [7, 11) is -0.779. The minimum absolute atomic E-state index is 0.232. The van der Waals surface area contributed by atoms with E-state index in [4.69, 9.17) is 10.0 Å². The number of halogens is 2. The normalized spacial score (nSPS) is 9.92. The Bertz CT molecular complexity index is 317. The van der Waals surface area contributed by atoms with Gasteiger partial charge in [-0.25, -0.2) is 8.78 Å². The van der Waals surface area contributed by atoms with Gasteiger partial charge >= 0.3 is 7.12 Å². The first-order chi connectivity index (χ1) is 6.06. The van der Waals surface area contributed by atoms with Crippen molar-refractivity contribution in [2.24, 2.45) is 0 Å². The minimum Gasteiger partial charge on any atom is -0.494 e. The maximum atomic E-state index is 12.8. The number of rotatable bonds is 2. The van der Waals surface area contributed by atoms with E-state index in [1.807, 2.05) is 0 Å². The van der Waals surface area contributed by atoms with Crippen LogP contribution < -0.4 is 10.2 Å². The molecule has 13 heavy (non-hydrogen) atoms. The molecule has 0 saturated heterocycles. The minimum atomic E-state index is -1.98. The lowest BCUT2D eigenvalue weighted by molar-refractivity contribution is 0.383. The highest BCUT2D eigenvalue weighted by Crippen LogP contribution is 2.15. The summed E-state index contributed by atoms with van der Waals surface area (Å²) in [5.41, 5.74) is -0.418. The van der Waals surface area contributed by atoms with Crippen molar-refractivity contribution >= 4 is 12.6 Å². The molecular weight excluding hydrogens is 181 g/mol. The average molecular weight is 188 g/mol. The Morgan fingerprint density at radius 1 is 1.23 bits per heavy atom. The molecule has 0 aliphatic heterocycles. The Morgan fingerprint density at radius 3 is 2.31 bits per heavy atom. The van der Waals surface area contributed by atoms with Crippen LogP contribution in [0.3, 0.4) is 0 Å². The third-order valence-corrected chi connectivity index (χ3v) is 1.55. The molecule has 1 aromatic rings. The predicted molar refractivity (Wildman–Crippen MR) is 42.7 cm³/mol. The largest absolute Gasteiger partial charge is 0.494 e. The number of hydrogen-bond donors (Lipinski definition) is 2. The van der Waals surface area contributed by atoms with Gasteiger partial charge in [0, 0.05) is 11.5 Å². The van der Waals surface area contributed by atoms with E-state index in [2.05, 4.69) is 4.74 Å². The number of ether oxygens (including phenoxy) is 1. The van der Waals surface area contributed by atoms with Crippen molar-refractivity contribution in [2.45, 2.75) is 0 Å². The second-order valence-electron chi connectivity index (χ2n) is 2.38. The summed E-state index contributed by atoms with van der Waals surface area (Å²) in [5.74, 6) is -2.14. The van der Waals surface area contributed by atoms with Crippen LogP contribution in [0.15, 0.2) is 12.1 Å². The number of hydrogen-bond acceptors (Lipinski definition) is 3. The molecule has 6 heteroatoms. The third kappa shape index (κ3) is 1.96. The molecule has 70 valence electrons. The molecule has 0 unspecified atom stereocenters. The van der Waals surface area contributed by atoms with E-state index in [0.29, 0.717) is 6.07 Å². The first kappa shape index (κ1) is 9.95. The van der Waals surface area contributed by atoms with Crippen molar-refractivity contribution in [2.75, 3.05) is 7.11 Å². The highest BCUT2D eigenvalue weighted by molar-refractivity contribution is 6.58. The van der Waals surface area contributed by atoms with Gasteiger partial charge in [0.2, 0.25) is 0 Å². The van der Waals surface area contributed by atoms with Crippen LogP contribution in [0.25, 0.3) is 0 Å². The van der Waals surface area contributed by atoms with E-state index < -0.39 is 24.2 Å². The summed E-state index contributed by atoms with van der Waals surface area (Å²) >= 11 is 0. The number of methoxy groups -OCH3 is 1. The first-order valence-electron chi connectivity index (χ1n) is 3.45. The van der Waals surface area contributed by atoms with Crippen LogP contribution in [0, 0.1) is 11.6 Å². The fourth-order valence-corrected chi connectivity index (χ4v) is 0.899. The maximum absolute atomic E-state index is 12.8. The molecular formula is C7H7BF2O3. The summed E-state index contributed by atoms with van der Waals surface area (Å²) in [5, 5.41) is 17.3. The van der Waals surface area contributed by atoms with E-state index in [-0.39, 0.29) is 5.75 Å². The Labute approximate surface area is 73.7 Å². The van der Waals surface area contributed by atoms with Crippen molar-refractivity contribution in [3.63, 3.8) is 0 Å². The van der Waals surface area contributed by atoms with Crippen LogP contribution in [0.4, 0.5) is 8.78 Å². The summed E-state index contributed by atoms with van der Waals surface area (Å²) < 4.78 is 30.1. The third-order valence-electron chi connectivity index (χ3n) is 1.55. The van der Waals surface area contributed by atoms with Gasteiger partial charge in [-0.3, -0.25) is 0 Å². The molecule has 0 aliphatic carbocycles. The number of benzene rings is 1. The van der Waals surface area contributed by atoms with Gasteiger partial charge in [-0.05, 0) is 6.07 Å². The Hall–Kier alpha value is -1.14. The first-order valence-corrected chi connectivity index (χ1v) is 3.45. The van der Waals surface area contributed by atoms with Crippen LogP contribution in [0.1, 0.15) is 0 Å². The van der Waals surface area contributed by atoms with Crippen LogP contribution >= 0.6 is 0 Å². The summed E-state index contributed by atoms with van der Waals surface area (Å²) in [6.45, 7) is 0. The van der Waals surface area contributed by atoms with Gasteiger partial charge < -0.3 is 14.8 Å². The molecule has 0 aromatic heterocycles. The zero-order valence-corrected chi connectivity index (χ0v) is 6.79. The predicted octanol–water partition coefficient (Wildman–Crippen LogP) is -0.347. The molecule has 0 bridgehead atoms. The van der Waals surface area contributed by atoms with Crippen LogP contribution in [-0.2, 0) is 0 Å². The van der Waals surface area contributed by atoms with E-state index in [1.165, 1.54) is 7.11 Å². The summed E-state index contributed by atoms with van der Waals surface area (Å²) in [6, 6.07) is 1.43. The summed E-state index contributed by atoms with van der Waals surface area (Å²) in [6.07, 6.45) is 0. The molecule has 2 N–H and O–H groups in total. The highest BCUT2D eigenvalue weighted by Gasteiger charge is 2.19. The van der Waals surface area contributed by atoms with E-state index in [1.54, 1.807) is 0 Å². The van der Waals surface area contributed by atoms with Gasteiger partial charge in [0.1, 0.15) is 5.82 Å².